The van der Waals surface area contributed by atoms with Gasteiger partial charge >= 0.3 is 0 Å². The monoisotopic (exact) mass is 347 g/mol. The highest BCUT2D eigenvalue weighted by Crippen LogP contribution is 2.21. The van der Waals surface area contributed by atoms with Crippen LogP contribution in [-0.2, 0) is 16.4 Å². The van der Waals surface area contributed by atoms with Gasteiger partial charge in [0.15, 0.2) is 0 Å². The molecular formula is C14H12Cl2FNO2S. The second-order valence-electron chi connectivity index (χ2n) is 4.32. The maximum Gasteiger partial charge on any atom is 0.261 e. The van der Waals surface area contributed by atoms with Gasteiger partial charge in [-0.1, -0.05) is 23.7 Å². The SMILES string of the molecule is O=S(=O)(Nc1ccc(Cl)c(F)c1)c1ccc(CCCl)cc1. The number of nitrogens with one attached hydrogen (secondary N) is 1. The molecule has 0 bridgehead atoms. The molecule has 2 aromatic rings. The molecule has 0 radical (unpaired) electrons. The zero-order valence-electron chi connectivity index (χ0n) is 10.8. The Kier molecular flexibility index (Phi) is 5.08. The summed E-state index contributed by atoms with van der Waals surface area (Å²) in [6.07, 6.45) is 0.664. The van der Waals surface area contributed by atoms with Gasteiger partial charge in [-0.25, -0.2) is 12.8 Å². The number of benzene rings is 2. The van der Waals surface area contributed by atoms with Gasteiger partial charge in [0.1, 0.15) is 5.82 Å². The molecule has 0 aromatic heterocycles. The van der Waals surface area contributed by atoms with Gasteiger partial charge in [-0.2, -0.15) is 0 Å². The minimum absolute atomic E-state index is 0.0663. The van der Waals surface area contributed by atoms with E-state index in [1.165, 1.54) is 24.3 Å². The van der Waals surface area contributed by atoms with Gasteiger partial charge in [-0.3, -0.25) is 4.72 Å². The quantitative estimate of drug-likeness (QED) is 0.829. The van der Waals surface area contributed by atoms with E-state index in [4.69, 9.17) is 23.2 Å². The molecule has 2 aromatic carbocycles. The average molecular weight is 348 g/mol. The molecular weight excluding hydrogens is 336 g/mol. The lowest BCUT2D eigenvalue weighted by molar-refractivity contribution is 0.601. The molecule has 21 heavy (non-hydrogen) atoms. The molecule has 0 spiro atoms. The van der Waals surface area contributed by atoms with E-state index in [2.05, 4.69) is 4.72 Å². The van der Waals surface area contributed by atoms with Crippen LogP contribution in [0.3, 0.4) is 0 Å². The van der Waals surface area contributed by atoms with Crippen molar-refractivity contribution in [3.63, 3.8) is 0 Å². The predicted octanol–water partition coefficient (Wildman–Crippen LogP) is 4.06. The first-order chi connectivity index (χ1) is 9.92. The predicted molar refractivity (Wildman–Crippen MR) is 83.1 cm³/mol. The van der Waals surface area contributed by atoms with Crippen LogP contribution in [0, 0.1) is 5.82 Å². The summed E-state index contributed by atoms with van der Waals surface area (Å²) in [6.45, 7) is 0. The molecule has 0 aliphatic heterocycles. The van der Waals surface area contributed by atoms with Crippen molar-refractivity contribution in [1.82, 2.24) is 0 Å². The van der Waals surface area contributed by atoms with Crippen molar-refractivity contribution in [2.75, 3.05) is 10.6 Å². The second kappa shape index (κ2) is 6.64. The Morgan fingerprint density at radius 3 is 2.33 bits per heavy atom. The Bertz CT molecular complexity index is 733. The van der Waals surface area contributed by atoms with Crippen LogP contribution in [0.1, 0.15) is 5.56 Å². The average Bonchev–Trinajstić information content (AvgIpc) is 2.44. The summed E-state index contributed by atoms with van der Waals surface area (Å²) in [5.74, 6) is -0.219. The Balaban J connectivity index is 2.23. The van der Waals surface area contributed by atoms with Crippen LogP contribution in [0.25, 0.3) is 0 Å². The topological polar surface area (TPSA) is 46.2 Å². The summed E-state index contributed by atoms with van der Waals surface area (Å²) >= 11 is 11.2. The minimum atomic E-state index is -3.77. The van der Waals surface area contributed by atoms with E-state index < -0.39 is 15.8 Å². The smallest absolute Gasteiger partial charge is 0.261 e. The van der Waals surface area contributed by atoms with Crippen LogP contribution in [0.15, 0.2) is 47.4 Å². The van der Waals surface area contributed by atoms with Gasteiger partial charge in [0, 0.05) is 5.88 Å². The first-order valence-electron chi connectivity index (χ1n) is 6.05. The van der Waals surface area contributed by atoms with Crippen LogP contribution in [0.5, 0.6) is 0 Å². The number of rotatable bonds is 5. The fraction of sp³-hybridized carbons (Fsp3) is 0.143. The van der Waals surface area contributed by atoms with Crippen molar-refractivity contribution in [3.05, 3.63) is 58.9 Å². The highest BCUT2D eigenvalue weighted by Gasteiger charge is 2.14. The van der Waals surface area contributed by atoms with Crippen LogP contribution in [-0.4, -0.2) is 14.3 Å². The summed E-state index contributed by atoms with van der Waals surface area (Å²) in [5, 5.41) is -0.0663. The third-order valence-electron chi connectivity index (χ3n) is 2.79. The van der Waals surface area contributed by atoms with Crippen LogP contribution < -0.4 is 4.72 Å². The Morgan fingerprint density at radius 1 is 1.10 bits per heavy atom. The molecule has 0 unspecified atom stereocenters. The van der Waals surface area contributed by atoms with Gasteiger partial charge in [0.2, 0.25) is 0 Å². The zero-order chi connectivity index (χ0) is 15.5. The molecule has 0 atom stereocenters. The van der Waals surface area contributed by atoms with Crippen LogP contribution in [0.4, 0.5) is 10.1 Å². The highest BCUT2D eigenvalue weighted by molar-refractivity contribution is 7.92. The molecule has 1 N–H and O–H groups in total. The summed E-state index contributed by atoms with van der Waals surface area (Å²) in [5.41, 5.74) is 1.06. The number of aryl methyl sites for hydroxylation is 1. The normalized spacial score (nSPS) is 11.4. The maximum atomic E-state index is 13.3. The molecule has 3 nitrogen and oxygen atoms in total. The second-order valence-corrected chi connectivity index (χ2v) is 6.78. The molecule has 0 aliphatic carbocycles. The Hall–Kier alpha value is -1.30. The largest absolute Gasteiger partial charge is 0.280 e. The van der Waals surface area contributed by atoms with Crippen LogP contribution in [0.2, 0.25) is 5.02 Å². The summed E-state index contributed by atoms with van der Waals surface area (Å²) < 4.78 is 40.0. The van der Waals surface area contributed by atoms with E-state index in [0.717, 1.165) is 11.6 Å². The lowest BCUT2D eigenvalue weighted by Gasteiger charge is -2.09. The van der Waals surface area contributed by atoms with Crippen molar-refractivity contribution in [3.8, 4) is 0 Å². The van der Waals surface area contributed by atoms with E-state index in [1.54, 1.807) is 12.1 Å². The Morgan fingerprint density at radius 2 is 1.76 bits per heavy atom. The molecule has 7 heteroatoms. The number of anilines is 1. The third kappa shape index (κ3) is 4.09. The number of hydrogen-bond acceptors (Lipinski definition) is 2. The molecule has 0 saturated heterocycles. The zero-order valence-corrected chi connectivity index (χ0v) is 13.1. The number of halogens is 3. The van der Waals surface area contributed by atoms with Crippen molar-refractivity contribution < 1.29 is 12.8 Å². The first-order valence-corrected chi connectivity index (χ1v) is 8.45. The molecule has 112 valence electrons. The van der Waals surface area contributed by atoms with E-state index in [9.17, 15) is 12.8 Å². The van der Waals surface area contributed by atoms with Crippen molar-refractivity contribution in [1.29, 1.82) is 0 Å². The Labute approximate surface area is 132 Å². The van der Waals surface area contributed by atoms with Gasteiger partial charge < -0.3 is 0 Å². The molecule has 2 rings (SSSR count). The lowest BCUT2D eigenvalue weighted by Crippen LogP contribution is -2.13. The van der Waals surface area contributed by atoms with E-state index >= 15 is 0 Å². The highest BCUT2D eigenvalue weighted by atomic mass is 35.5. The van der Waals surface area contributed by atoms with E-state index in [-0.39, 0.29) is 15.6 Å². The fourth-order valence-electron chi connectivity index (χ4n) is 1.72. The maximum absolute atomic E-state index is 13.3. The van der Waals surface area contributed by atoms with Crippen molar-refractivity contribution in [2.45, 2.75) is 11.3 Å². The fourth-order valence-corrected chi connectivity index (χ4v) is 3.10. The van der Waals surface area contributed by atoms with Crippen LogP contribution >= 0.6 is 23.2 Å². The standard InChI is InChI=1S/C14H12Cl2FNO2S/c15-8-7-10-1-4-12(5-2-10)21(19,20)18-11-3-6-13(16)14(17)9-11/h1-6,9,18H,7-8H2. The molecule has 0 saturated carbocycles. The van der Waals surface area contributed by atoms with E-state index in [0.29, 0.717) is 12.3 Å². The number of hydrogen-bond donors (Lipinski definition) is 1. The van der Waals surface area contributed by atoms with Gasteiger partial charge in [0.05, 0.1) is 15.6 Å². The minimum Gasteiger partial charge on any atom is -0.280 e. The number of alkyl halides is 1. The number of sulfonamides is 1. The van der Waals surface area contributed by atoms with E-state index in [1.807, 2.05) is 0 Å². The molecule has 0 fully saturated rings. The van der Waals surface area contributed by atoms with Gasteiger partial charge in [0.25, 0.3) is 10.0 Å². The van der Waals surface area contributed by atoms with Crippen molar-refractivity contribution >= 4 is 38.9 Å². The molecule has 0 heterocycles. The van der Waals surface area contributed by atoms with Crippen molar-refractivity contribution in [2.24, 2.45) is 0 Å². The van der Waals surface area contributed by atoms with Gasteiger partial charge in [-0.05, 0) is 42.3 Å². The molecule has 0 aliphatic rings. The summed E-state index contributed by atoms with van der Waals surface area (Å²) in [6, 6.07) is 10.1. The van der Waals surface area contributed by atoms with Gasteiger partial charge in [-0.15, -0.1) is 11.6 Å². The lowest BCUT2D eigenvalue weighted by atomic mass is 10.2. The molecule has 0 amide bonds. The third-order valence-corrected chi connectivity index (χ3v) is 4.68. The summed E-state index contributed by atoms with van der Waals surface area (Å²) in [4.78, 5) is 0.0937. The first kappa shape index (κ1) is 16.1. The summed E-state index contributed by atoms with van der Waals surface area (Å²) in [7, 11) is -3.77.